The zero-order valence-corrected chi connectivity index (χ0v) is 11.1. The second-order valence-electron chi connectivity index (χ2n) is 4.22. The van der Waals surface area contributed by atoms with E-state index >= 15 is 0 Å². The second-order valence-corrected chi connectivity index (χ2v) is 4.22. The SMILES string of the molecule is Cc1ccc(C(=O)NCc2ccno2)c(C#CCN)c1. The van der Waals surface area contributed by atoms with Crippen molar-refractivity contribution in [3.05, 3.63) is 52.9 Å². The van der Waals surface area contributed by atoms with Gasteiger partial charge in [0.05, 0.1) is 24.8 Å². The van der Waals surface area contributed by atoms with Crippen LogP contribution in [0, 0.1) is 18.8 Å². The van der Waals surface area contributed by atoms with Gasteiger partial charge in [0, 0.05) is 11.6 Å². The van der Waals surface area contributed by atoms with E-state index in [0.29, 0.717) is 16.9 Å². The highest BCUT2D eigenvalue weighted by atomic mass is 16.5. The molecule has 2 rings (SSSR count). The minimum absolute atomic E-state index is 0.206. The lowest BCUT2D eigenvalue weighted by Gasteiger charge is -2.06. The van der Waals surface area contributed by atoms with E-state index in [1.54, 1.807) is 12.1 Å². The van der Waals surface area contributed by atoms with Gasteiger partial charge in [-0.1, -0.05) is 23.1 Å². The summed E-state index contributed by atoms with van der Waals surface area (Å²) in [6.45, 7) is 2.49. The first-order valence-corrected chi connectivity index (χ1v) is 6.18. The summed E-state index contributed by atoms with van der Waals surface area (Å²) in [4.78, 5) is 12.2. The first-order chi connectivity index (χ1) is 9.70. The van der Waals surface area contributed by atoms with Crippen LogP contribution in [-0.2, 0) is 6.54 Å². The molecule has 0 unspecified atom stereocenters. The normalized spacial score (nSPS) is 9.70. The third kappa shape index (κ3) is 3.46. The van der Waals surface area contributed by atoms with Crippen molar-refractivity contribution < 1.29 is 9.32 Å². The molecule has 1 amide bonds. The highest BCUT2D eigenvalue weighted by molar-refractivity contribution is 5.96. The Kier molecular flexibility index (Phi) is 4.53. The molecule has 0 saturated heterocycles. The van der Waals surface area contributed by atoms with E-state index in [1.807, 2.05) is 19.1 Å². The molecule has 1 aromatic heterocycles. The lowest BCUT2D eigenvalue weighted by atomic mass is 10.0. The van der Waals surface area contributed by atoms with E-state index < -0.39 is 0 Å². The molecule has 5 heteroatoms. The number of aromatic nitrogens is 1. The van der Waals surface area contributed by atoms with Crippen LogP contribution in [0.1, 0.15) is 27.2 Å². The van der Waals surface area contributed by atoms with Crippen LogP contribution in [-0.4, -0.2) is 17.6 Å². The summed E-state index contributed by atoms with van der Waals surface area (Å²) >= 11 is 0. The minimum Gasteiger partial charge on any atom is -0.360 e. The summed E-state index contributed by atoms with van der Waals surface area (Å²) in [5.41, 5.74) is 7.61. The van der Waals surface area contributed by atoms with Gasteiger partial charge in [-0.15, -0.1) is 0 Å². The van der Waals surface area contributed by atoms with Crippen LogP contribution >= 0.6 is 0 Å². The molecule has 0 saturated carbocycles. The maximum absolute atomic E-state index is 12.2. The Hall–Kier alpha value is -2.58. The molecule has 0 aliphatic rings. The monoisotopic (exact) mass is 269 g/mol. The zero-order valence-electron chi connectivity index (χ0n) is 11.1. The lowest BCUT2D eigenvalue weighted by molar-refractivity contribution is 0.0947. The standard InChI is InChI=1S/C15H15N3O2/c1-11-4-5-14(12(9-11)3-2-7-16)15(19)17-10-13-6-8-18-20-13/h4-6,8-9H,7,10,16H2,1H3,(H,17,19). The Labute approximate surface area is 117 Å². The van der Waals surface area contributed by atoms with E-state index in [1.165, 1.54) is 6.20 Å². The number of nitrogens with zero attached hydrogens (tertiary/aromatic N) is 1. The summed E-state index contributed by atoms with van der Waals surface area (Å²) < 4.78 is 4.92. The molecule has 5 nitrogen and oxygen atoms in total. The number of rotatable bonds is 3. The van der Waals surface area contributed by atoms with Crippen molar-refractivity contribution in [2.75, 3.05) is 6.54 Å². The van der Waals surface area contributed by atoms with Gasteiger partial charge in [-0.2, -0.15) is 0 Å². The maximum Gasteiger partial charge on any atom is 0.252 e. The summed E-state index contributed by atoms with van der Waals surface area (Å²) in [5, 5.41) is 6.35. The second kappa shape index (κ2) is 6.55. The minimum atomic E-state index is -0.206. The van der Waals surface area contributed by atoms with Gasteiger partial charge in [0.25, 0.3) is 5.91 Å². The molecule has 20 heavy (non-hydrogen) atoms. The van der Waals surface area contributed by atoms with Gasteiger partial charge in [0.15, 0.2) is 5.76 Å². The molecule has 0 radical (unpaired) electrons. The van der Waals surface area contributed by atoms with Crippen LogP contribution in [0.2, 0.25) is 0 Å². The topological polar surface area (TPSA) is 81.2 Å². The van der Waals surface area contributed by atoms with Crippen molar-refractivity contribution in [3.63, 3.8) is 0 Å². The summed E-state index contributed by atoms with van der Waals surface area (Å²) in [6.07, 6.45) is 1.53. The molecular formula is C15H15N3O2. The molecule has 0 atom stereocenters. The average Bonchev–Trinajstić information content (AvgIpc) is 2.96. The first kappa shape index (κ1) is 13.8. The third-order valence-corrected chi connectivity index (χ3v) is 2.66. The van der Waals surface area contributed by atoms with Crippen LogP contribution in [0.4, 0.5) is 0 Å². The zero-order chi connectivity index (χ0) is 14.4. The van der Waals surface area contributed by atoms with Gasteiger partial charge in [-0.05, 0) is 24.6 Å². The summed E-state index contributed by atoms with van der Waals surface area (Å²) in [7, 11) is 0. The van der Waals surface area contributed by atoms with E-state index in [0.717, 1.165) is 5.56 Å². The van der Waals surface area contributed by atoms with Crippen LogP contribution in [0.3, 0.4) is 0 Å². The number of hydrogen-bond donors (Lipinski definition) is 2. The molecule has 0 bridgehead atoms. The van der Waals surface area contributed by atoms with E-state index in [-0.39, 0.29) is 19.0 Å². The molecule has 0 spiro atoms. The molecule has 3 N–H and O–H groups in total. The largest absolute Gasteiger partial charge is 0.360 e. The number of benzene rings is 1. The van der Waals surface area contributed by atoms with Crippen molar-refractivity contribution in [3.8, 4) is 11.8 Å². The first-order valence-electron chi connectivity index (χ1n) is 6.18. The maximum atomic E-state index is 12.2. The van der Waals surface area contributed by atoms with Crippen molar-refractivity contribution >= 4 is 5.91 Å². The molecule has 0 aliphatic heterocycles. The number of hydrogen-bond acceptors (Lipinski definition) is 4. The van der Waals surface area contributed by atoms with Gasteiger partial charge >= 0.3 is 0 Å². The molecular weight excluding hydrogens is 254 g/mol. The Balaban J connectivity index is 2.16. The fourth-order valence-electron chi connectivity index (χ4n) is 1.70. The number of nitrogens with one attached hydrogen (secondary N) is 1. The predicted molar refractivity (Wildman–Crippen MR) is 74.8 cm³/mol. The van der Waals surface area contributed by atoms with Crippen molar-refractivity contribution in [2.24, 2.45) is 5.73 Å². The Bertz CT molecular complexity index is 651. The molecule has 0 aliphatic carbocycles. The van der Waals surface area contributed by atoms with Gasteiger partial charge in [0.1, 0.15) is 0 Å². The average molecular weight is 269 g/mol. The van der Waals surface area contributed by atoms with Crippen LogP contribution < -0.4 is 11.1 Å². The number of nitrogens with two attached hydrogens (primary N) is 1. The third-order valence-electron chi connectivity index (χ3n) is 2.66. The van der Waals surface area contributed by atoms with Gasteiger partial charge < -0.3 is 15.6 Å². The number of aryl methyl sites for hydroxylation is 1. The Morgan fingerprint density at radius 2 is 2.30 bits per heavy atom. The molecule has 1 heterocycles. The quantitative estimate of drug-likeness (QED) is 0.821. The highest BCUT2D eigenvalue weighted by Crippen LogP contribution is 2.11. The molecule has 102 valence electrons. The highest BCUT2D eigenvalue weighted by Gasteiger charge is 2.10. The van der Waals surface area contributed by atoms with Crippen LogP contribution in [0.5, 0.6) is 0 Å². The van der Waals surface area contributed by atoms with Crippen LogP contribution in [0.15, 0.2) is 35.0 Å². The van der Waals surface area contributed by atoms with Crippen LogP contribution in [0.25, 0.3) is 0 Å². The molecule has 0 fully saturated rings. The Morgan fingerprint density at radius 1 is 1.45 bits per heavy atom. The van der Waals surface area contributed by atoms with E-state index in [4.69, 9.17) is 10.3 Å². The van der Waals surface area contributed by atoms with Gasteiger partial charge in [-0.3, -0.25) is 4.79 Å². The fourth-order valence-corrected chi connectivity index (χ4v) is 1.70. The smallest absolute Gasteiger partial charge is 0.252 e. The number of carbonyl (C=O) groups is 1. The predicted octanol–water partition coefficient (Wildman–Crippen LogP) is 1.22. The van der Waals surface area contributed by atoms with Crippen molar-refractivity contribution in [1.82, 2.24) is 10.5 Å². The summed E-state index contributed by atoms with van der Waals surface area (Å²) in [6, 6.07) is 7.19. The lowest BCUT2D eigenvalue weighted by Crippen LogP contribution is -2.23. The molecule has 1 aromatic carbocycles. The Morgan fingerprint density at radius 3 is 3.00 bits per heavy atom. The number of carbonyl (C=O) groups excluding carboxylic acids is 1. The van der Waals surface area contributed by atoms with Gasteiger partial charge in [-0.25, -0.2) is 0 Å². The molecule has 2 aromatic rings. The van der Waals surface area contributed by atoms with Crippen molar-refractivity contribution in [1.29, 1.82) is 0 Å². The van der Waals surface area contributed by atoms with Gasteiger partial charge in [0.2, 0.25) is 0 Å². The van der Waals surface area contributed by atoms with E-state index in [2.05, 4.69) is 22.3 Å². The van der Waals surface area contributed by atoms with Crippen molar-refractivity contribution in [2.45, 2.75) is 13.5 Å². The number of amides is 1. The summed E-state index contributed by atoms with van der Waals surface area (Å²) in [5.74, 6) is 6.07. The van der Waals surface area contributed by atoms with E-state index in [9.17, 15) is 4.79 Å². The fraction of sp³-hybridized carbons (Fsp3) is 0.200.